The summed E-state index contributed by atoms with van der Waals surface area (Å²) in [5.74, 6) is -9.43. The highest BCUT2D eigenvalue weighted by Gasteiger charge is 2.36. The van der Waals surface area contributed by atoms with Crippen LogP contribution in [0.4, 0.5) is 0 Å². The normalized spacial score (nSPS) is 13.5. The molecule has 0 rings (SSSR count). The maximum absolute atomic E-state index is 12.6. The highest BCUT2D eigenvalue weighted by atomic mass is 16.5. The van der Waals surface area contributed by atoms with Gasteiger partial charge in [-0.25, -0.2) is 10.1 Å². The summed E-state index contributed by atoms with van der Waals surface area (Å²) in [5, 5.41) is 70.4. The van der Waals surface area contributed by atoms with Crippen LogP contribution in [-0.2, 0) is 33.6 Å². The van der Waals surface area contributed by atoms with Gasteiger partial charge < -0.3 is 45.4 Å². The molecule has 0 bridgehead atoms. The molecule has 0 aromatic carbocycles. The lowest BCUT2D eigenvalue weighted by atomic mass is 9.94. The summed E-state index contributed by atoms with van der Waals surface area (Å²) >= 11 is 0. The summed E-state index contributed by atoms with van der Waals surface area (Å²) in [7, 11) is 0. The van der Waals surface area contributed by atoms with Gasteiger partial charge in [-0.3, -0.25) is 29.6 Å². The lowest BCUT2D eigenvalue weighted by Gasteiger charge is -2.30. The van der Waals surface area contributed by atoms with Crippen LogP contribution in [-0.4, -0.2) is 98.0 Å². The minimum atomic E-state index is -3.16. The molecule has 4 amide bonds. The molecule has 1 unspecified atom stereocenters. The Morgan fingerprint density at radius 2 is 1.09 bits per heavy atom. The van der Waals surface area contributed by atoms with Gasteiger partial charge in [0.05, 0.1) is 42.8 Å². The topological polar surface area (TPSA) is 280 Å². The van der Waals surface area contributed by atoms with Crippen molar-refractivity contribution in [3.8, 4) is 0 Å². The SMILES string of the molecule is CCCCCCC/C=C/C(=O)N(O)CCCC[C@H](NC(=O)CC(O)(CC(=O)N[C@@H](CCCCN(O)C(=O)CCCCCCC)C(=O)[O-])C(=O)[O-])C(=O)[O-]. The van der Waals surface area contributed by atoms with E-state index in [4.69, 9.17) is 0 Å². The van der Waals surface area contributed by atoms with E-state index in [0.29, 0.717) is 23.0 Å². The fourth-order valence-corrected chi connectivity index (χ4v) is 5.33. The molecule has 0 fully saturated rings. The maximum atomic E-state index is 12.6. The van der Waals surface area contributed by atoms with Crippen LogP contribution in [0, 0.1) is 0 Å². The van der Waals surface area contributed by atoms with Crippen LogP contribution in [0.15, 0.2) is 12.2 Å². The van der Waals surface area contributed by atoms with E-state index in [-0.39, 0.29) is 58.0 Å². The van der Waals surface area contributed by atoms with E-state index >= 15 is 0 Å². The molecule has 17 heteroatoms. The van der Waals surface area contributed by atoms with Crippen LogP contribution in [0.2, 0.25) is 0 Å². The summed E-state index contributed by atoms with van der Waals surface area (Å²) in [6.45, 7) is 3.94. The first kappa shape index (κ1) is 48.9. The van der Waals surface area contributed by atoms with E-state index in [1.54, 1.807) is 6.08 Å². The molecule has 17 nitrogen and oxygen atoms in total. The number of hydroxylamine groups is 4. The number of nitrogens with one attached hydrogen (secondary N) is 2. The zero-order valence-corrected chi connectivity index (χ0v) is 31.2. The first-order valence-corrected chi connectivity index (χ1v) is 18.7. The van der Waals surface area contributed by atoms with Crippen LogP contribution < -0.4 is 26.0 Å². The molecule has 5 N–H and O–H groups in total. The number of rotatable bonds is 32. The molecule has 53 heavy (non-hydrogen) atoms. The van der Waals surface area contributed by atoms with Gasteiger partial charge in [-0.15, -0.1) is 0 Å². The van der Waals surface area contributed by atoms with E-state index in [2.05, 4.69) is 13.8 Å². The lowest BCUT2D eigenvalue weighted by Crippen LogP contribution is -2.56. The van der Waals surface area contributed by atoms with E-state index in [1.165, 1.54) is 6.08 Å². The summed E-state index contributed by atoms with van der Waals surface area (Å²) in [6, 6.07) is -3.30. The number of aliphatic hydroxyl groups is 1. The summed E-state index contributed by atoms with van der Waals surface area (Å²) in [5.41, 5.74) is -3.16. The van der Waals surface area contributed by atoms with Gasteiger partial charge in [0.25, 0.3) is 5.91 Å². The first-order chi connectivity index (χ1) is 25.1. The van der Waals surface area contributed by atoms with Crippen LogP contribution in [0.3, 0.4) is 0 Å². The smallest absolute Gasteiger partial charge is 0.269 e. The first-order valence-electron chi connectivity index (χ1n) is 18.7. The lowest BCUT2D eigenvalue weighted by molar-refractivity contribution is -0.324. The number of hydrogen-bond donors (Lipinski definition) is 5. The maximum Gasteiger partial charge on any atom is 0.269 e. The van der Waals surface area contributed by atoms with Crippen molar-refractivity contribution in [1.29, 1.82) is 0 Å². The Balaban J connectivity index is 4.85. The molecule has 0 saturated carbocycles. The highest BCUT2D eigenvalue weighted by Crippen LogP contribution is 2.17. The van der Waals surface area contributed by atoms with Crippen molar-refractivity contribution >= 4 is 41.5 Å². The van der Waals surface area contributed by atoms with E-state index in [1.807, 2.05) is 10.6 Å². The van der Waals surface area contributed by atoms with Gasteiger partial charge in [-0.05, 0) is 57.8 Å². The Bertz CT molecular complexity index is 1180. The molecule has 0 aromatic rings. The Morgan fingerprint density at radius 1 is 0.642 bits per heavy atom. The minimum Gasteiger partial charge on any atom is -0.548 e. The van der Waals surface area contributed by atoms with Gasteiger partial charge in [0, 0.05) is 25.6 Å². The highest BCUT2D eigenvalue weighted by molar-refractivity contribution is 5.93. The molecular formula is C36H59N4O13-3. The number of carboxylic acid groups (broad SMARTS) is 3. The van der Waals surface area contributed by atoms with Gasteiger partial charge in [0.2, 0.25) is 17.7 Å². The van der Waals surface area contributed by atoms with Crippen molar-refractivity contribution in [3.63, 3.8) is 0 Å². The van der Waals surface area contributed by atoms with Crippen molar-refractivity contribution in [1.82, 2.24) is 20.8 Å². The number of carbonyl (C=O) groups is 7. The number of carboxylic acids is 3. The number of carbonyl (C=O) groups excluding carboxylic acids is 7. The van der Waals surface area contributed by atoms with Gasteiger partial charge in [0.15, 0.2) is 0 Å². The molecule has 0 aliphatic carbocycles. The van der Waals surface area contributed by atoms with Gasteiger partial charge in [0.1, 0.15) is 5.60 Å². The van der Waals surface area contributed by atoms with Gasteiger partial charge in [-0.1, -0.05) is 71.3 Å². The van der Waals surface area contributed by atoms with Crippen LogP contribution in [0.5, 0.6) is 0 Å². The molecule has 0 aliphatic rings. The second-order valence-corrected chi connectivity index (χ2v) is 13.3. The number of allylic oxidation sites excluding steroid dienone is 1. The number of hydrogen-bond acceptors (Lipinski definition) is 13. The van der Waals surface area contributed by atoms with E-state index in [0.717, 1.165) is 57.8 Å². The monoisotopic (exact) mass is 755 g/mol. The largest absolute Gasteiger partial charge is 0.548 e. The Morgan fingerprint density at radius 3 is 1.55 bits per heavy atom. The van der Waals surface area contributed by atoms with Crippen molar-refractivity contribution in [2.45, 2.75) is 160 Å². The molecule has 0 heterocycles. The van der Waals surface area contributed by atoms with Crippen molar-refractivity contribution in [2.24, 2.45) is 0 Å². The molecule has 0 aliphatic heterocycles. The second kappa shape index (κ2) is 28.4. The summed E-state index contributed by atoms with van der Waals surface area (Å²) < 4.78 is 0. The third-order valence-electron chi connectivity index (χ3n) is 8.52. The molecular weight excluding hydrogens is 696 g/mol. The van der Waals surface area contributed by atoms with Gasteiger partial charge >= 0.3 is 0 Å². The quantitative estimate of drug-likeness (QED) is 0.0257. The Kier molecular flexibility index (Phi) is 26.2. The number of amides is 4. The third-order valence-corrected chi connectivity index (χ3v) is 8.52. The van der Waals surface area contributed by atoms with Crippen molar-refractivity contribution < 1.29 is 64.4 Å². The molecule has 0 spiro atoms. The molecule has 3 atom stereocenters. The standard InChI is InChI=1S/C36H62N4O13/c1-3-5-7-9-10-12-14-22-32(44)40(53)24-18-16-20-28(34(47)48)38-30(42)26-36(51,35(49)50)25-29(41)37-27(33(45)46)19-15-17-23-39(52)31(43)21-13-11-8-6-4-2/h14,22,27-28,51-53H,3-13,15-21,23-26H2,1-2H3,(H,37,41)(H,38,42)(H,45,46)(H,47,48)(H,49,50)/p-3/b22-14+/t27-,28-,36?/m0/s1. The molecule has 0 saturated heterocycles. The predicted octanol–water partition coefficient (Wildman–Crippen LogP) is -0.230. The average molecular weight is 756 g/mol. The van der Waals surface area contributed by atoms with E-state index < -0.39 is 72.1 Å². The molecule has 0 radical (unpaired) electrons. The van der Waals surface area contributed by atoms with Crippen molar-refractivity contribution in [3.05, 3.63) is 12.2 Å². The minimum absolute atomic E-state index is 0.0773. The molecule has 304 valence electrons. The summed E-state index contributed by atoms with van der Waals surface area (Å²) in [6.07, 6.45) is 11.0. The van der Waals surface area contributed by atoms with Crippen LogP contribution in [0.25, 0.3) is 0 Å². The Labute approximate surface area is 311 Å². The third kappa shape index (κ3) is 23.2. The second-order valence-electron chi connectivity index (χ2n) is 13.3. The number of nitrogens with zero attached hydrogens (tertiary/aromatic N) is 2. The fraction of sp³-hybridized carbons (Fsp3) is 0.750. The fourth-order valence-electron chi connectivity index (χ4n) is 5.33. The van der Waals surface area contributed by atoms with Crippen molar-refractivity contribution in [2.75, 3.05) is 13.1 Å². The average Bonchev–Trinajstić information content (AvgIpc) is 3.09. The number of unbranched alkanes of at least 4 members (excludes halogenated alkanes) is 11. The van der Waals surface area contributed by atoms with Crippen LogP contribution in [0.1, 0.15) is 142 Å². The summed E-state index contributed by atoms with van der Waals surface area (Å²) in [4.78, 5) is 84.1. The Hall–Kier alpha value is -4.09. The molecule has 0 aromatic heterocycles. The zero-order chi connectivity index (χ0) is 40.2. The van der Waals surface area contributed by atoms with Gasteiger partial charge in [-0.2, -0.15) is 0 Å². The predicted molar refractivity (Wildman–Crippen MR) is 184 cm³/mol. The van der Waals surface area contributed by atoms with E-state index in [9.17, 15) is 64.4 Å². The van der Waals surface area contributed by atoms with Crippen LogP contribution >= 0.6 is 0 Å². The number of aliphatic carboxylic acids is 3. The zero-order valence-electron chi connectivity index (χ0n) is 31.2.